The van der Waals surface area contributed by atoms with E-state index in [1.807, 2.05) is 0 Å². The SMILES string of the molecule is COC(=O)Cn1cccc(C(C)=O)c1=O. The van der Waals surface area contributed by atoms with Gasteiger partial charge in [0, 0.05) is 6.20 Å². The lowest BCUT2D eigenvalue weighted by Crippen LogP contribution is -2.28. The van der Waals surface area contributed by atoms with Gasteiger partial charge in [0.2, 0.25) is 0 Å². The van der Waals surface area contributed by atoms with Gasteiger partial charge in [-0.3, -0.25) is 14.4 Å². The van der Waals surface area contributed by atoms with E-state index in [-0.39, 0.29) is 17.9 Å². The maximum absolute atomic E-state index is 11.6. The third-order valence-electron chi connectivity index (χ3n) is 1.93. The average Bonchev–Trinajstić information content (AvgIpc) is 2.20. The Balaban J connectivity index is 3.11. The minimum Gasteiger partial charge on any atom is -0.468 e. The van der Waals surface area contributed by atoms with Gasteiger partial charge in [0.15, 0.2) is 5.78 Å². The van der Waals surface area contributed by atoms with Gasteiger partial charge in [-0.15, -0.1) is 0 Å². The Labute approximate surface area is 86.3 Å². The third kappa shape index (κ3) is 2.52. The number of ketones is 1. The van der Waals surface area contributed by atoms with E-state index in [9.17, 15) is 14.4 Å². The van der Waals surface area contributed by atoms with Crippen LogP contribution < -0.4 is 5.56 Å². The van der Waals surface area contributed by atoms with E-state index in [1.165, 1.54) is 26.3 Å². The third-order valence-corrected chi connectivity index (χ3v) is 1.93. The van der Waals surface area contributed by atoms with Gasteiger partial charge < -0.3 is 9.30 Å². The lowest BCUT2D eigenvalue weighted by Gasteiger charge is -2.04. The number of hydrogen-bond donors (Lipinski definition) is 0. The molecule has 0 N–H and O–H groups in total. The summed E-state index contributed by atoms with van der Waals surface area (Å²) in [5.74, 6) is -0.850. The van der Waals surface area contributed by atoms with Crippen molar-refractivity contribution in [1.82, 2.24) is 4.57 Å². The first kappa shape index (κ1) is 11.2. The van der Waals surface area contributed by atoms with Crippen LogP contribution in [-0.4, -0.2) is 23.4 Å². The molecular weight excluding hydrogens is 198 g/mol. The fourth-order valence-electron chi connectivity index (χ4n) is 1.13. The summed E-state index contributed by atoms with van der Waals surface area (Å²) in [5.41, 5.74) is -0.406. The van der Waals surface area contributed by atoms with E-state index < -0.39 is 11.5 Å². The quantitative estimate of drug-likeness (QED) is 0.527. The number of Topliss-reactive ketones (excluding diaryl/α,β-unsaturated/α-hetero) is 1. The van der Waals surface area contributed by atoms with E-state index in [0.29, 0.717) is 0 Å². The van der Waals surface area contributed by atoms with Crippen LogP contribution >= 0.6 is 0 Å². The minimum absolute atomic E-state index is 0.0707. The van der Waals surface area contributed by atoms with Crippen LogP contribution in [-0.2, 0) is 16.1 Å². The minimum atomic E-state index is -0.530. The first-order valence-corrected chi connectivity index (χ1v) is 4.33. The Kier molecular flexibility index (Phi) is 3.38. The molecule has 0 saturated heterocycles. The summed E-state index contributed by atoms with van der Waals surface area (Å²) in [5, 5.41) is 0. The van der Waals surface area contributed by atoms with Gasteiger partial charge in [0.25, 0.3) is 5.56 Å². The molecule has 0 unspecified atom stereocenters. The van der Waals surface area contributed by atoms with Gasteiger partial charge in [-0.2, -0.15) is 0 Å². The Hall–Kier alpha value is -1.91. The second kappa shape index (κ2) is 4.54. The van der Waals surface area contributed by atoms with Gasteiger partial charge >= 0.3 is 5.97 Å². The summed E-state index contributed by atoms with van der Waals surface area (Å²) < 4.78 is 5.57. The second-order valence-corrected chi connectivity index (χ2v) is 2.99. The second-order valence-electron chi connectivity index (χ2n) is 2.99. The molecule has 5 heteroatoms. The summed E-state index contributed by atoms with van der Waals surface area (Å²) in [6, 6.07) is 2.97. The van der Waals surface area contributed by atoms with E-state index in [1.54, 1.807) is 6.07 Å². The summed E-state index contributed by atoms with van der Waals surface area (Å²) in [7, 11) is 1.24. The number of hydrogen-bond acceptors (Lipinski definition) is 4. The zero-order valence-corrected chi connectivity index (χ0v) is 8.52. The van der Waals surface area contributed by atoms with Crippen molar-refractivity contribution in [3.05, 3.63) is 34.2 Å². The van der Waals surface area contributed by atoms with Crippen molar-refractivity contribution in [2.24, 2.45) is 0 Å². The first-order chi connectivity index (χ1) is 7.06. The Bertz CT molecular complexity index is 447. The van der Waals surface area contributed by atoms with E-state index in [4.69, 9.17) is 0 Å². The molecule has 0 aliphatic heterocycles. The molecule has 0 aliphatic rings. The molecule has 0 spiro atoms. The Morgan fingerprint density at radius 3 is 2.67 bits per heavy atom. The zero-order chi connectivity index (χ0) is 11.4. The summed E-state index contributed by atoms with van der Waals surface area (Å²) >= 11 is 0. The lowest BCUT2D eigenvalue weighted by molar-refractivity contribution is -0.141. The fourth-order valence-corrected chi connectivity index (χ4v) is 1.13. The van der Waals surface area contributed by atoms with Crippen LogP contribution in [0, 0.1) is 0 Å². The molecule has 0 aliphatic carbocycles. The normalized spacial score (nSPS) is 9.73. The number of aromatic nitrogens is 1. The van der Waals surface area contributed by atoms with Gasteiger partial charge in [-0.1, -0.05) is 0 Å². The first-order valence-electron chi connectivity index (χ1n) is 4.33. The van der Waals surface area contributed by atoms with Crippen molar-refractivity contribution >= 4 is 11.8 Å². The molecule has 15 heavy (non-hydrogen) atoms. The number of pyridine rings is 1. The van der Waals surface area contributed by atoms with Gasteiger partial charge in [0.1, 0.15) is 6.54 Å². The Morgan fingerprint density at radius 2 is 2.13 bits per heavy atom. The topological polar surface area (TPSA) is 65.4 Å². The van der Waals surface area contributed by atoms with Crippen LogP contribution in [0.2, 0.25) is 0 Å². The molecule has 0 atom stereocenters. The monoisotopic (exact) mass is 209 g/mol. The molecule has 1 heterocycles. The lowest BCUT2D eigenvalue weighted by atomic mass is 10.2. The van der Waals surface area contributed by atoms with Crippen molar-refractivity contribution in [2.45, 2.75) is 13.5 Å². The smallest absolute Gasteiger partial charge is 0.325 e. The van der Waals surface area contributed by atoms with Crippen molar-refractivity contribution in [2.75, 3.05) is 7.11 Å². The number of esters is 1. The van der Waals surface area contributed by atoms with Crippen LogP contribution in [0.15, 0.2) is 23.1 Å². The molecule has 0 aromatic carbocycles. The van der Waals surface area contributed by atoms with Gasteiger partial charge in [-0.05, 0) is 19.1 Å². The van der Waals surface area contributed by atoms with Crippen molar-refractivity contribution < 1.29 is 14.3 Å². The van der Waals surface area contributed by atoms with Crippen LogP contribution in [0.25, 0.3) is 0 Å². The maximum atomic E-state index is 11.6. The predicted octanol–water partition coefficient (Wildman–Crippen LogP) is 0.224. The van der Waals surface area contributed by atoms with Crippen molar-refractivity contribution in [3.63, 3.8) is 0 Å². The molecule has 1 aromatic rings. The molecule has 80 valence electrons. The highest BCUT2D eigenvalue weighted by Gasteiger charge is 2.09. The number of carbonyl (C=O) groups is 2. The van der Waals surface area contributed by atoms with Gasteiger partial charge in [0.05, 0.1) is 12.7 Å². The van der Waals surface area contributed by atoms with E-state index >= 15 is 0 Å². The van der Waals surface area contributed by atoms with Gasteiger partial charge in [-0.25, -0.2) is 0 Å². The van der Waals surface area contributed by atoms with Crippen molar-refractivity contribution in [1.29, 1.82) is 0 Å². The summed E-state index contributed by atoms with van der Waals surface area (Å²) in [6.45, 7) is 1.12. The summed E-state index contributed by atoms with van der Waals surface area (Å²) in [6.07, 6.45) is 1.44. The van der Waals surface area contributed by atoms with Crippen LogP contribution in [0.3, 0.4) is 0 Å². The highest BCUT2D eigenvalue weighted by atomic mass is 16.5. The number of methoxy groups -OCH3 is 1. The number of nitrogens with zero attached hydrogens (tertiary/aromatic N) is 1. The molecule has 1 aromatic heterocycles. The molecule has 5 nitrogen and oxygen atoms in total. The molecule has 0 bridgehead atoms. The molecule has 0 amide bonds. The van der Waals surface area contributed by atoms with Crippen LogP contribution in [0.5, 0.6) is 0 Å². The molecule has 0 radical (unpaired) electrons. The number of carbonyl (C=O) groups excluding carboxylic acids is 2. The molecule has 0 saturated carbocycles. The van der Waals surface area contributed by atoms with Crippen LogP contribution in [0.4, 0.5) is 0 Å². The number of rotatable bonds is 3. The molecular formula is C10H11NO4. The van der Waals surface area contributed by atoms with Crippen molar-refractivity contribution in [3.8, 4) is 0 Å². The average molecular weight is 209 g/mol. The maximum Gasteiger partial charge on any atom is 0.325 e. The fraction of sp³-hybridized carbons (Fsp3) is 0.300. The number of ether oxygens (including phenoxy) is 1. The molecule has 0 fully saturated rings. The standard InChI is InChI=1S/C10H11NO4/c1-7(12)8-4-3-5-11(10(8)14)6-9(13)15-2/h3-5H,6H2,1-2H3. The predicted molar refractivity (Wildman–Crippen MR) is 52.7 cm³/mol. The largest absolute Gasteiger partial charge is 0.468 e. The van der Waals surface area contributed by atoms with Crippen LogP contribution in [0.1, 0.15) is 17.3 Å². The van der Waals surface area contributed by atoms with E-state index in [0.717, 1.165) is 4.57 Å². The summed E-state index contributed by atoms with van der Waals surface area (Å²) in [4.78, 5) is 33.6. The highest BCUT2D eigenvalue weighted by molar-refractivity contribution is 5.93. The molecule has 1 rings (SSSR count). The Morgan fingerprint density at radius 1 is 1.47 bits per heavy atom. The van der Waals surface area contributed by atoms with E-state index in [2.05, 4.69) is 4.74 Å². The zero-order valence-electron chi connectivity index (χ0n) is 8.52. The highest BCUT2D eigenvalue weighted by Crippen LogP contribution is 1.93.